The van der Waals surface area contributed by atoms with E-state index in [0.29, 0.717) is 11.3 Å². The highest BCUT2D eigenvalue weighted by molar-refractivity contribution is 8.02. The number of β-lactam (4-membered cyclic amide) rings is 1. The van der Waals surface area contributed by atoms with Crippen LogP contribution in [0.3, 0.4) is 0 Å². The number of ether oxygens (including phenoxy) is 1. The number of H-pyrrole nitrogens is 1. The minimum Gasteiger partial charge on any atom is -0.477 e. The molecule has 3 unspecified atom stereocenters. The van der Waals surface area contributed by atoms with Crippen molar-refractivity contribution in [2.45, 2.75) is 54.4 Å². The Bertz CT molecular complexity index is 1680. The van der Waals surface area contributed by atoms with Crippen molar-refractivity contribution in [3.8, 4) is 0 Å². The smallest absolute Gasteiger partial charge is 0.361 e. The van der Waals surface area contributed by atoms with Crippen LogP contribution in [0, 0.1) is 0 Å². The van der Waals surface area contributed by atoms with Gasteiger partial charge >= 0.3 is 17.9 Å². The third-order valence-electron chi connectivity index (χ3n) is 5.93. The zero-order valence-electron chi connectivity index (χ0n) is 24.6. The topological polar surface area (TPSA) is 244 Å². The van der Waals surface area contributed by atoms with Gasteiger partial charge in [-0.3, -0.25) is 23.7 Å². The molecular formula is C25H28N6O10S5. The normalized spacial score (nSPS) is 18.8. The van der Waals surface area contributed by atoms with Gasteiger partial charge in [-0.2, -0.15) is 0 Å². The average molecular weight is 733 g/mol. The molecular weight excluding hydrogens is 705 g/mol. The van der Waals surface area contributed by atoms with Gasteiger partial charge in [0.1, 0.15) is 28.4 Å². The van der Waals surface area contributed by atoms with Gasteiger partial charge in [0.25, 0.3) is 22.8 Å². The Balaban J connectivity index is 1.52. The number of carbonyl (C=O) groups is 5. The van der Waals surface area contributed by atoms with Crippen molar-refractivity contribution in [3.63, 3.8) is 0 Å². The zero-order valence-corrected chi connectivity index (χ0v) is 28.6. The van der Waals surface area contributed by atoms with Crippen LogP contribution in [0.4, 0.5) is 5.13 Å². The quantitative estimate of drug-likeness (QED) is 0.0493. The maximum atomic E-state index is 13.5. The van der Waals surface area contributed by atoms with Crippen molar-refractivity contribution in [3.05, 3.63) is 38.3 Å². The van der Waals surface area contributed by atoms with Gasteiger partial charge in [0.05, 0.1) is 4.21 Å². The predicted octanol–water partition coefficient (Wildman–Crippen LogP) is 1.85. The van der Waals surface area contributed by atoms with E-state index in [1.165, 1.54) is 17.1 Å². The van der Waals surface area contributed by atoms with Crippen LogP contribution in [0.2, 0.25) is 0 Å². The number of oxime groups is 1. The largest absolute Gasteiger partial charge is 0.477 e. The first kappa shape index (κ1) is 35.3. The number of aromatic amines is 1. The van der Waals surface area contributed by atoms with Crippen molar-refractivity contribution < 1.29 is 43.8 Å². The molecule has 6 N–H and O–H groups in total. The fourth-order valence-corrected chi connectivity index (χ4v) is 8.66. The molecule has 0 bridgehead atoms. The number of hydrogen-bond acceptors (Lipinski definition) is 16. The third kappa shape index (κ3) is 7.88. The number of hydrogen-bond donors (Lipinski definition) is 5. The van der Waals surface area contributed by atoms with Crippen LogP contribution in [-0.2, 0) is 28.8 Å². The summed E-state index contributed by atoms with van der Waals surface area (Å²) in [5.74, 6) is -4.47. The summed E-state index contributed by atoms with van der Waals surface area (Å²) in [5.41, 5.74) is 2.26. The van der Waals surface area contributed by atoms with Crippen LogP contribution in [0.15, 0.2) is 30.8 Å². The number of nitrogen functional groups attached to an aromatic ring is 1. The summed E-state index contributed by atoms with van der Waals surface area (Å²) in [6, 6.07) is -1.14. The molecule has 0 aliphatic carbocycles. The van der Waals surface area contributed by atoms with Crippen LogP contribution in [0.5, 0.6) is 0 Å². The molecule has 4 heterocycles. The number of nitrogens with zero attached hydrogens (tertiary/aromatic N) is 3. The molecule has 2 amide bonds. The van der Waals surface area contributed by atoms with E-state index in [2.05, 4.69) is 19.8 Å². The molecule has 2 aliphatic heterocycles. The molecule has 21 heteroatoms. The van der Waals surface area contributed by atoms with E-state index in [9.17, 15) is 39.0 Å². The number of carboxylic acids is 2. The number of carbonyl (C=O) groups excluding carboxylic acids is 3. The van der Waals surface area contributed by atoms with E-state index < -0.39 is 63.3 Å². The molecule has 0 spiro atoms. The molecule has 4 rings (SSSR count). The maximum Gasteiger partial charge on any atom is 0.361 e. The molecule has 46 heavy (non-hydrogen) atoms. The summed E-state index contributed by atoms with van der Waals surface area (Å²) in [6.45, 7) is 6.86. The molecule has 16 nitrogen and oxygen atoms in total. The second-order valence-corrected chi connectivity index (χ2v) is 15.7. The van der Waals surface area contributed by atoms with Gasteiger partial charge in [0, 0.05) is 16.9 Å². The van der Waals surface area contributed by atoms with Gasteiger partial charge in [-0.25, -0.2) is 19.4 Å². The molecule has 2 aromatic rings. The van der Waals surface area contributed by atoms with Crippen molar-refractivity contribution in [1.82, 2.24) is 19.6 Å². The summed E-state index contributed by atoms with van der Waals surface area (Å²) in [4.78, 5) is 85.5. The number of rotatable bonds is 13. The first-order valence-electron chi connectivity index (χ1n) is 13.2. The Labute approximate surface area is 281 Å². The van der Waals surface area contributed by atoms with E-state index in [1.54, 1.807) is 27.7 Å². The highest BCUT2D eigenvalue weighted by Crippen LogP contribution is 2.42. The summed E-state index contributed by atoms with van der Waals surface area (Å²) in [7, 11) is 0. The fourth-order valence-electron chi connectivity index (χ4n) is 4.07. The molecule has 3 atom stereocenters. The van der Waals surface area contributed by atoms with Crippen molar-refractivity contribution >= 4 is 98.7 Å². The number of nitrogens with two attached hydrogens (primary N) is 1. The monoisotopic (exact) mass is 732 g/mol. The number of aromatic nitrogens is 2. The van der Waals surface area contributed by atoms with E-state index in [1.807, 2.05) is 0 Å². The molecule has 1 fully saturated rings. The first-order valence-corrected chi connectivity index (χ1v) is 18.0. The molecule has 0 aromatic carbocycles. The number of fused-ring (bicyclic) bond motifs is 1. The van der Waals surface area contributed by atoms with Crippen LogP contribution >= 0.6 is 58.2 Å². The summed E-state index contributed by atoms with van der Waals surface area (Å²) in [6.07, 6.45) is 0. The van der Waals surface area contributed by atoms with Crippen molar-refractivity contribution in [1.29, 1.82) is 0 Å². The summed E-state index contributed by atoms with van der Waals surface area (Å²) < 4.78 is 7.90. The van der Waals surface area contributed by atoms with Crippen molar-refractivity contribution in [2.75, 3.05) is 23.0 Å². The second kappa shape index (κ2) is 14.5. The average Bonchev–Trinajstić information content (AvgIpc) is 3.57. The molecule has 1 saturated heterocycles. The van der Waals surface area contributed by atoms with Crippen LogP contribution in [0.25, 0.3) is 0 Å². The van der Waals surface area contributed by atoms with Gasteiger partial charge in [0.2, 0.25) is 0 Å². The zero-order chi connectivity index (χ0) is 33.9. The number of thiazole rings is 1. The van der Waals surface area contributed by atoms with Gasteiger partial charge in [-0.05, 0) is 32.1 Å². The summed E-state index contributed by atoms with van der Waals surface area (Å²) >= 11 is 5.09. The lowest BCUT2D eigenvalue weighted by atomic mass is 10.0. The fraction of sp³-hybridized carbons (Fsp3) is 0.440. The number of aliphatic carboxylic acids is 1. The second-order valence-electron chi connectivity index (χ2n) is 10.3. The Hall–Kier alpha value is -3.53. The van der Waals surface area contributed by atoms with Crippen LogP contribution < -0.4 is 16.6 Å². The summed E-state index contributed by atoms with van der Waals surface area (Å²) in [5, 5.41) is 26.6. The van der Waals surface area contributed by atoms with Crippen LogP contribution in [-0.4, -0.2) is 99.6 Å². The standard InChI is InChI=1S/C25H28N6O10S5/c1-5-42-22(21(39)40-25(2,3)4)41-29-12(10-8-45-24(26)27-10)16(33)28-13-17(34)31-14(20(37)38)9(6-43-18(13)31)7-44-23-11(19(35)36)15(32)30-46-23/h8,13,18,22H,5-7H2,1-4H3,(H2,26,27)(H,28,33)(H,30,32)(H,35,36)(H,37,38)/b29-12-. The number of thioether (sulfide) groups is 3. The first-order chi connectivity index (χ1) is 21.6. The Kier molecular flexibility index (Phi) is 11.1. The van der Waals surface area contributed by atoms with Gasteiger partial charge in [-0.1, -0.05) is 23.6 Å². The highest BCUT2D eigenvalue weighted by atomic mass is 32.2. The van der Waals surface area contributed by atoms with E-state index >= 15 is 0 Å². The Morgan fingerprint density at radius 2 is 1.98 bits per heavy atom. The minimum atomic E-state index is -1.41. The van der Waals surface area contributed by atoms with Crippen LogP contribution in [0.1, 0.15) is 43.7 Å². The molecule has 0 radical (unpaired) electrons. The Morgan fingerprint density at radius 1 is 1.26 bits per heavy atom. The molecule has 248 valence electrons. The van der Waals surface area contributed by atoms with Crippen molar-refractivity contribution in [2.24, 2.45) is 5.16 Å². The van der Waals surface area contributed by atoms with E-state index in [0.717, 1.165) is 51.3 Å². The molecule has 2 aromatic heterocycles. The lowest BCUT2D eigenvalue weighted by Gasteiger charge is -2.49. The van der Waals surface area contributed by atoms with Gasteiger partial charge < -0.3 is 30.8 Å². The number of esters is 1. The van der Waals surface area contributed by atoms with E-state index in [4.69, 9.17) is 15.3 Å². The van der Waals surface area contributed by atoms with Gasteiger partial charge in [0.15, 0.2) is 16.4 Å². The third-order valence-corrected chi connectivity index (χ3v) is 11.1. The number of nitrogens with one attached hydrogen (secondary N) is 2. The highest BCUT2D eigenvalue weighted by Gasteiger charge is 2.54. The molecule has 2 aliphatic rings. The Morgan fingerprint density at radius 3 is 2.57 bits per heavy atom. The number of amides is 2. The number of aromatic carboxylic acids is 1. The van der Waals surface area contributed by atoms with Gasteiger partial charge in [-0.15, -0.1) is 46.6 Å². The number of carboxylic acid groups (broad SMARTS) is 2. The van der Waals surface area contributed by atoms with E-state index in [-0.39, 0.29) is 37.9 Å². The number of anilines is 1. The predicted molar refractivity (Wildman–Crippen MR) is 174 cm³/mol. The lowest BCUT2D eigenvalue weighted by Crippen LogP contribution is -2.71. The minimum absolute atomic E-state index is 0.00418. The molecule has 0 saturated carbocycles. The SMILES string of the molecule is CCSC(O/N=C(\C(=O)NC1C(=O)N2C(C(=O)O)=C(CSc3s[nH]c(=O)c3C(=O)O)CSC12)c1csc(N)n1)C(=O)OC(C)(C)C. The lowest BCUT2D eigenvalue weighted by molar-refractivity contribution is -0.162. The maximum absolute atomic E-state index is 13.5.